The minimum absolute atomic E-state index is 0.0627. The van der Waals surface area contributed by atoms with E-state index < -0.39 is 0 Å². The van der Waals surface area contributed by atoms with Gasteiger partial charge >= 0.3 is 0 Å². The number of methoxy groups -OCH3 is 1. The van der Waals surface area contributed by atoms with Crippen molar-refractivity contribution in [1.29, 1.82) is 0 Å². The van der Waals surface area contributed by atoms with Crippen molar-refractivity contribution in [3.63, 3.8) is 0 Å². The Balaban J connectivity index is 1.60. The number of fused-ring (bicyclic) bond motifs is 1. The summed E-state index contributed by atoms with van der Waals surface area (Å²) in [5.74, 6) is 0.399. The third kappa shape index (κ3) is 4.39. The van der Waals surface area contributed by atoms with Crippen LogP contribution in [-0.4, -0.2) is 24.3 Å². The number of hydrogen-bond acceptors (Lipinski definition) is 5. The average Bonchev–Trinajstić information content (AvgIpc) is 3.15. The first-order chi connectivity index (χ1) is 14.7. The Morgan fingerprint density at radius 3 is 2.77 bits per heavy atom. The number of rotatable bonds is 6. The molecular formula is C24H24N2O3S. The van der Waals surface area contributed by atoms with E-state index in [2.05, 4.69) is 10.3 Å². The van der Waals surface area contributed by atoms with Crippen LogP contribution >= 0.6 is 11.3 Å². The van der Waals surface area contributed by atoms with Crippen LogP contribution in [0.1, 0.15) is 44.8 Å². The molecule has 0 bridgehead atoms. The van der Waals surface area contributed by atoms with E-state index in [1.54, 1.807) is 29.7 Å². The maximum absolute atomic E-state index is 13.1. The molecule has 0 spiro atoms. The van der Waals surface area contributed by atoms with Gasteiger partial charge in [0.05, 0.1) is 12.7 Å². The van der Waals surface area contributed by atoms with Crippen LogP contribution in [0.3, 0.4) is 0 Å². The molecule has 6 heteroatoms. The van der Waals surface area contributed by atoms with Gasteiger partial charge in [-0.05, 0) is 60.6 Å². The molecule has 30 heavy (non-hydrogen) atoms. The number of aliphatic imine (C=N–C) groups is 1. The number of benzene rings is 2. The lowest BCUT2D eigenvalue weighted by atomic mass is 9.95. The Hall–Kier alpha value is -3.12. The molecule has 2 N–H and O–H groups in total. The topological polar surface area (TPSA) is 70.9 Å². The molecule has 0 saturated heterocycles. The normalized spacial score (nSPS) is 13.2. The molecule has 5 nitrogen and oxygen atoms in total. The second kappa shape index (κ2) is 9.13. The Labute approximate surface area is 180 Å². The molecule has 1 aromatic heterocycles. The Kier molecular flexibility index (Phi) is 6.14. The van der Waals surface area contributed by atoms with E-state index in [1.807, 2.05) is 36.4 Å². The van der Waals surface area contributed by atoms with Crippen molar-refractivity contribution in [1.82, 2.24) is 5.32 Å². The SMILES string of the molecule is COc1ccc(C=Nc2sc3c(c2C(=O)NCc2ccccc2)CCCC3)cc1O. The van der Waals surface area contributed by atoms with E-state index in [-0.39, 0.29) is 11.7 Å². The van der Waals surface area contributed by atoms with Crippen LogP contribution in [0.2, 0.25) is 0 Å². The first-order valence-electron chi connectivity index (χ1n) is 10.0. The number of carbonyl (C=O) groups is 1. The lowest BCUT2D eigenvalue weighted by molar-refractivity contribution is 0.0951. The minimum Gasteiger partial charge on any atom is -0.504 e. The average molecular weight is 421 g/mol. The van der Waals surface area contributed by atoms with Crippen LogP contribution in [0.5, 0.6) is 11.5 Å². The predicted octanol–water partition coefficient (Wildman–Crippen LogP) is 5.02. The van der Waals surface area contributed by atoms with Crippen LogP contribution in [0.15, 0.2) is 53.5 Å². The van der Waals surface area contributed by atoms with Gasteiger partial charge in [-0.2, -0.15) is 0 Å². The van der Waals surface area contributed by atoms with Crippen LogP contribution in [0, 0.1) is 0 Å². The zero-order valence-corrected chi connectivity index (χ0v) is 17.7. The largest absolute Gasteiger partial charge is 0.504 e. The second-order valence-corrected chi connectivity index (χ2v) is 8.33. The van der Waals surface area contributed by atoms with Crippen molar-refractivity contribution in [2.24, 2.45) is 4.99 Å². The Bertz CT molecular complexity index is 1070. The van der Waals surface area contributed by atoms with Gasteiger partial charge in [-0.15, -0.1) is 11.3 Å². The van der Waals surface area contributed by atoms with Crippen molar-refractivity contribution >= 4 is 28.5 Å². The van der Waals surface area contributed by atoms with Gasteiger partial charge < -0.3 is 15.2 Å². The fourth-order valence-electron chi connectivity index (χ4n) is 3.66. The van der Waals surface area contributed by atoms with Crippen LogP contribution in [0.4, 0.5) is 5.00 Å². The molecule has 4 rings (SSSR count). The maximum atomic E-state index is 13.1. The number of phenolic OH excluding ortho intramolecular Hbond substituents is 1. The highest BCUT2D eigenvalue weighted by atomic mass is 32.1. The molecule has 0 radical (unpaired) electrons. The summed E-state index contributed by atoms with van der Waals surface area (Å²) in [6, 6.07) is 15.0. The highest BCUT2D eigenvalue weighted by Gasteiger charge is 2.25. The predicted molar refractivity (Wildman–Crippen MR) is 120 cm³/mol. The molecule has 1 aliphatic rings. The van der Waals surface area contributed by atoms with Gasteiger partial charge in [-0.3, -0.25) is 4.79 Å². The highest BCUT2D eigenvalue weighted by molar-refractivity contribution is 7.16. The van der Waals surface area contributed by atoms with Gasteiger partial charge in [-0.1, -0.05) is 30.3 Å². The summed E-state index contributed by atoms with van der Waals surface area (Å²) in [6.07, 6.45) is 5.84. The third-order valence-corrected chi connectivity index (χ3v) is 6.41. The molecular weight excluding hydrogens is 396 g/mol. The summed E-state index contributed by atoms with van der Waals surface area (Å²) < 4.78 is 5.09. The van der Waals surface area contributed by atoms with Gasteiger partial charge in [0.1, 0.15) is 5.00 Å². The smallest absolute Gasteiger partial charge is 0.254 e. The quantitative estimate of drug-likeness (QED) is 0.550. The van der Waals surface area contributed by atoms with Gasteiger partial charge in [0.15, 0.2) is 11.5 Å². The Morgan fingerprint density at radius 1 is 1.20 bits per heavy atom. The molecule has 0 atom stereocenters. The van der Waals surface area contributed by atoms with E-state index in [9.17, 15) is 9.90 Å². The zero-order chi connectivity index (χ0) is 20.9. The number of aromatic hydroxyl groups is 1. The first kappa shape index (κ1) is 20.2. The summed E-state index contributed by atoms with van der Waals surface area (Å²) in [6.45, 7) is 0.486. The molecule has 0 unspecified atom stereocenters. The number of carbonyl (C=O) groups excluding carboxylic acids is 1. The molecule has 0 aliphatic heterocycles. The number of thiophene rings is 1. The first-order valence-corrected chi connectivity index (χ1v) is 10.8. The van der Waals surface area contributed by atoms with E-state index in [4.69, 9.17) is 4.74 Å². The standard InChI is InChI=1S/C24H24N2O3S/c1-29-20-12-11-17(13-19(20)27)15-26-24-22(18-9-5-6-10-21(18)30-24)23(28)25-14-16-7-3-2-4-8-16/h2-4,7-8,11-13,15,27H,5-6,9-10,14H2,1H3,(H,25,28). The van der Waals surface area contributed by atoms with Gasteiger partial charge in [-0.25, -0.2) is 4.99 Å². The van der Waals surface area contributed by atoms with Crippen molar-refractivity contribution < 1.29 is 14.6 Å². The number of aryl methyl sites for hydroxylation is 1. The summed E-state index contributed by atoms with van der Waals surface area (Å²) in [5.41, 5.74) is 3.64. The number of ether oxygens (including phenoxy) is 1. The number of amides is 1. The van der Waals surface area contributed by atoms with Crippen molar-refractivity contribution in [3.8, 4) is 11.5 Å². The monoisotopic (exact) mass is 420 g/mol. The molecule has 154 valence electrons. The van der Waals surface area contributed by atoms with Crippen LogP contribution in [0.25, 0.3) is 0 Å². The maximum Gasteiger partial charge on any atom is 0.254 e. The molecule has 1 amide bonds. The molecule has 2 aromatic carbocycles. The summed E-state index contributed by atoms with van der Waals surface area (Å²) in [4.78, 5) is 19.0. The van der Waals surface area contributed by atoms with Crippen molar-refractivity contribution in [2.75, 3.05) is 7.11 Å². The lowest BCUT2D eigenvalue weighted by Crippen LogP contribution is -2.24. The summed E-state index contributed by atoms with van der Waals surface area (Å²) in [7, 11) is 1.51. The van der Waals surface area contributed by atoms with Gasteiger partial charge in [0.2, 0.25) is 0 Å². The summed E-state index contributed by atoms with van der Waals surface area (Å²) in [5, 5.41) is 13.8. The highest BCUT2D eigenvalue weighted by Crippen LogP contribution is 2.40. The molecule has 0 saturated carbocycles. The van der Waals surface area contributed by atoms with Gasteiger partial charge in [0, 0.05) is 17.6 Å². The Morgan fingerprint density at radius 2 is 2.00 bits per heavy atom. The molecule has 0 fully saturated rings. The zero-order valence-electron chi connectivity index (χ0n) is 16.9. The number of nitrogens with one attached hydrogen (secondary N) is 1. The lowest BCUT2D eigenvalue weighted by Gasteiger charge is -2.12. The van der Waals surface area contributed by atoms with E-state index in [1.165, 1.54) is 12.0 Å². The van der Waals surface area contributed by atoms with Crippen molar-refractivity contribution in [3.05, 3.63) is 75.7 Å². The van der Waals surface area contributed by atoms with Crippen molar-refractivity contribution in [2.45, 2.75) is 32.2 Å². The van der Waals surface area contributed by atoms with E-state index >= 15 is 0 Å². The van der Waals surface area contributed by atoms with E-state index in [0.29, 0.717) is 17.9 Å². The van der Waals surface area contributed by atoms with E-state index in [0.717, 1.165) is 47.4 Å². The molecule has 1 aliphatic carbocycles. The van der Waals surface area contributed by atoms with Crippen LogP contribution in [-0.2, 0) is 19.4 Å². The number of phenols is 1. The molecule has 3 aromatic rings. The fraction of sp³-hybridized carbons (Fsp3) is 0.250. The molecule has 1 heterocycles. The van der Waals surface area contributed by atoms with Gasteiger partial charge in [0.25, 0.3) is 5.91 Å². The number of nitrogens with zero attached hydrogens (tertiary/aromatic N) is 1. The fourth-order valence-corrected chi connectivity index (χ4v) is 4.89. The summed E-state index contributed by atoms with van der Waals surface area (Å²) >= 11 is 1.60. The third-order valence-electron chi connectivity index (χ3n) is 5.21. The van der Waals surface area contributed by atoms with Crippen LogP contribution < -0.4 is 10.1 Å². The minimum atomic E-state index is -0.0806. The number of hydrogen-bond donors (Lipinski definition) is 2. The second-order valence-electron chi connectivity index (χ2n) is 7.25.